The van der Waals surface area contributed by atoms with E-state index in [1.54, 1.807) is 29.1 Å². The lowest BCUT2D eigenvalue weighted by molar-refractivity contribution is -0.385. The fraction of sp³-hybridized carbons (Fsp3) is 0.250. The lowest BCUT2D eigenvalue weighted by Crippen LogP contribution is -2.23. The first-order chi connectivity index (χ1) is 11.5. The third kappa shape index (κ3) is 3.00. The molecule has 1 aliphatic rings. The van der Waals surface area contributed by atoms with E-state index in [4.69, 9.17) is 7.98 Å². The van der Waals surface area contributed by atoms with Crippen LogP contribution in [-0.2, 0) is 0 Å². The van der Waals surface area contributed by atoms with Crippen LogP contribution in [0.2, 0.25) is 0 Å². The van der Waals surface area contributed by atoms with Crippen molar-refractivity contribution in [2.24, 2.45) is 0 Å². The molecule has 1 aliphatic heterocycles. The minimum atomic E-state index is -0.432. The maximum atomic E-state index is 10.7. The van der Waals surface area contributed by atoms with Gasteiger partial charge in [0.2, 0.25) is 0 Å². The number of nitro benzene ring substituents is 2. The zero-order valence-corrected chi connectivity index (χ0v) is 12.7. The van der Waals surface area contributed by atoms with Gasteiger partial charge in [0, 0.05) is 36.3 Å². The molecule has 0 bridgehead atoms. The Morgan fingerprint density at radius 3 is 1.42 bits per heavy atom. The second-order valence-electron chi connectivity index (χ2n) is 5.75. The number of benzene rings is 2. The van der Waals surface area contributed by atoms with Crippen LogP contribution in [0.5, 0.6) is 0 Å². The zero-order chi connectivity index (χ0) is 17.3. The number of nitrogens with zero attached hydrogens (tertiary/aromatic N) is 3. The summed E-state index contributed by atoms with van der Waals surface area (Å²) in [7, 11) is 6.25. The van der Waals surface area contributed by atoms with Crippen molar-refractivity contribution in [2.75, 3.05) is 0 Å². The van der Waals surface area contributed by atoms with Crippen LogP contribution < -0.4 is 0 Å². The molecule has 1 heterocycles. The molecule has 8 heteroatoms. The molecule has 2 aromatic rings. The molecule has 0 saturated carbocycles. The third-order valence-corrected chi connectivity index (χ3v) is 4.41. The van der Waals surface area contributed by atoms with E-state index < -0.39 is 9.85 Å². The smallest absolute Gasteiger partial charge is 0.269 e. The first-order valence-corrected chi connectivity index (χ1v) is 7.49. The summed E-state index contributed by atoms with van der Waals surface area (Å²) >= 11 is 0. The average Bonchev–Trinajstić information content (AvgIpc) is 2.96. The van der Waals surface area contributed by atoms with Crippen molar-refractivity contribution < 1.29 is 9.85 Å². The van der Waals surface area contributed by atoms with Gasteiger partial charge in [-0.3, -0.25) is 20.2 Å². The van der Waals surface area contributed by atoms with Gasteiger partial charge >= 0.3 is 0 Å². The molecule has 2 atom stereocenters. The van der Waals surface area contributed by atoms with E-state index in [1.165, 1.54) is 24.3 Å². The lowest BCUT2D eigenvalue weighted by atomic mass is 10.0. The Hall–Kier alpha value is -2.74. The third-order valence-electron chi connectivity index (χ3n) is 4.41. The van der Waals surface area contributed by atoms with Gasteiger partial charge in [-0.05, 0) is 24.0 Å². The minimum absolute atomic E-state index is 0.0361. The van der Waals surface area contributed by atoms with Crippen molar-refractivity contribution in [3.8, 4) is 0 Å². The molecule has 0 amide bonds. The predicted molar refractivity (Wildman–Crippen MR) is 88.5 cm³/mol. The summed E-state index contributed by atoms with van der Waals surface area (Å²) in [5.41, 5.74) is 1.94. The summed E-state index contributed by atoms with van der Waals surface area (Å²) in [5, 5.41) is 21.5. The van der Waals surface area contributed by atoms with Crippen LogP contribution in [0, 0.1) is 20.2 Å². The van der Waals surface area contributed by atoms with Crippen LogP contribution in [0.25, 0.3) is 0 Å². The fourth-order valence-corrected chi connectivity index (χ4v) is 3.15. The van der Waals surface area contributed by atoms with Gasteiger partial charge in [-0.2, -0.15) is 0 Å². The number of non-ortho nitro benzene ring substituents is 2. The molecule has 0 aromatic heterocycles. The Labute approximate surface area is 139 Å². The highest BCUT2D eigenvalue weighted by molar-refractivity contribution is 6.05. The van der Waals surface area contributed by atoms with Gasteiger partial charge in [-0.15, -0.1) is 0 Å². The lowest BCUT2D eigenvalue weighted by Gasteiger charge is -2.27. The first-order valence-electron chi connectivity index (χ1n) is 7.49. The van der Waals surface area contributed by atoms with E-state index in [0.717, 1.165) is 24.0 Å². The quantitative estimate of drug-likeness (QED) is 0.488. The van der Waals surface area contributed by atoms with Gasteiger partial charge in [-0.25, -0.2) is 0 Å². The largest absolute Gasteiger partial charge is 0.341 e. The molecule has 1 fully saturated rings. The molecule has 1 saturated heterocycles. The number of nitro groups is 2. The molecule has 2 aromatic carbocycles. The first kappa shape index (κ1) is 16.1. The maximum Gasteiger partial charge on any atom is 0.269 e. The van der Waals surface area contributed by atoms with Gasteiger partial charge in [0.05, 0.1) is 9.85 Å². The van der Waals surface area contributed by atoms with Gasteiger partial charge in [0.15, 0.2) is 7.98 Å². The summed E-state index contributed by atoms with van der Waals surface area (Å²) in [4.78, 5) is 22.3. The van der Waals surface area contributed by atoms with Crippen molar-refractivity contribution in [1.82, 2.24) is 4.81 Å². The molecule has 120 valence electrons. The fourth-order valence-electron chi connectivity index (χ4n) is 3.15. The van der Waals surface area contributed by atoms with E-state index >= 15 is 0 Å². The number of hydrogen-bond acceptors (Lipinski definition) is 5. The second kappa shape index (κ2) is 6.41. The molecule has 2 radical (unpaired) electrons. The molecule has 0 aliphatic carbocycles. The summed E-state index contributed by atoms with van der Waals surface area (Å²) in [6.07, 6.45) is 1.63. The van der Waals surface area contributed by atoms with Crippen LogP contribution in [0.3, 0.4) is 0 Å². The van der Waals surface area contributed by atoms with Crippen LogP contribution in [0.4, 0.5) is 11.4 Å². The van der Waals surface area contributed by atoms with Crippen LogP contribution in [-0.4, -0.2) is 22.6 Å². The van der Waals surface area contributed by atoms with E-state index in [0.29, 0.717) is 0 Å². The molecule has 24 heavy (non-hydrogen) atoms. The number of hydrogen-bond donors (Lipinski definition) is 0. The van der Waals surface area contributed by atoms with E-state index in [2.05, 4.69) is 0 Å². The standard InChI is InChI=1S/C16H14BN3O4/c17-18-15(11-1-5-13(6-2-11)19(21)22)9-10-16(18)12-3-7-14(8-4-12)20(23)24/h1-8,15-16H,9-10H2. The molecule has 0 N–H and O–H groups in total. The molecule has 7 nitrogen and oxygen atoms in total. The Balaban J connectivity index is 1.78. The van der Waals surface area contributed by atoms with Crippen LogP contribution >= 0.6 is 0 Å². The second-order valence-corrected chi connectivity index (χ2v) is 5.75. The van der Waals surface area contributed by atoms with Crippen LogP contribution in [0.1, 0.15) is 36.1 Å². The maximum absolute atomic E-state index is 10.7. The highest BCUT2D eigenvalue weighted by Gasteiger charge is 2.32. The highest BCUT2D eigenvalue weighted by Crippen LogP contribution is 2.42. The monoisotopic (exact) mass is 323 g/mol. The Kier molecular flexibility index (Phi) is 4.31. The van der Waals surface area contributed by atoms with Gasteiger partial charge in [0.25, 0.3) is 11.4 Å². The SMILES string of the molecule is [B]N1C(c2ccc([N+](=O)[O-])cc2)CCC1c1ccc([N+](=O)[O-])cc1. The van der Waals surface area contributed by atoms with E-state index in [9.17, 15) is 20.2 Å². The molecular formula is C16H14BN3O4. The Morgan fingerprint density at radius 1 is 0.792 bits per heavy atom. The van der Waals surface area contributed by atoms with Crippen molar-refractivity contribution in [3.05, 3.63) is 79.9 Å². The topological polar surface area (TPSA) is 89.5 Å². The van der Waals surface area contributed by atoms with Gasteiger partial charge in [-0.1, -0.05) is 24.3 Å². The average molecular weight is 323 g/mol. The van der Waals surface area contributed by atoms with Crippen LogP contribution in [0.15, 0.2) is 48.5 Å². The Bertz CT molecular complexity index is 698. The minimum Gasteiger partial charge on any atom is -0.341 e. The van der Waals surface area contributed by atoms with Crippen molar-refractivity contribution in [3.63, 3.8) is 0 Å². The normalized spacial score (nSPS) is 20.8. The van der Waals surface area contributed by atoms with Crippen molar-refractivity contribution in [1.29, 1.82) is 0 Å². The summed E-state index contributed by atoms with van der Waals surface area (Å²) in [6.45, 7) is 0. The van der Waals surface area contributed by atoms with Crippen molar-refractivity contribution in [2.45, 2.75) is 24.9 Å². The molecule has 0 spiro atoms. The van der Waals surface area contributed by atoms with E-state index in [1.807, 2.05) is 0 Å². The molecule has 3 rings (SSSR count). The Morgan fingerprint density at radius 2 is 1.12 bits per heavy atom. The highest BCUT2D eigenvalue weighted by atomic mass is 16.6. The van der Waals surface area contributed by atoms with E-state index in [-0.39, 0.29) is 23.5 Å². The van der Waals surface area contributed by atoms with Crippen molar-refractivity contribution >= 4 is 19.4 Å². The number of rotatable bonds is 4. The predicted octanol–water partition coefficient (Wildman–Crippen LogP) is 3.46. The summed E-state index contributed by atoms with van der Waals surface area (Å²) in [6, 6.07) is 12.7. The molecule has 2 unspecified atom stereocenters. The summed E-state index contributed by atoms with van der Waals surface area (Å²) in [5.74, 6) is 0. The summed E-state index contributed by atoms with van der Waals surface area (Å²) < 4.78 is 0. The zero-order valence-electron chi connectivity index (χ0n) is 12.7. The van der Waals surface area contributed by atoms with Gasteiger partial charge < -0.3 is 4.81 Å². The van der Waals surface area contributed by atoms with Gasteiger partial charge in [0.1, 0.15) is 0 Å². The molecular weight excluding hydrogens is 309 g/mol.